The number of anilines is 1. The Bertz CT molecular complexity index is 2110. The maximum Gasteiger partial charge on any atom is 0.417 e. The van der Waals surface area contributed by atoms with Gasteiger partial charge in [0.25, 0.3) is 0 Å². The van der Waals surface area contributed by atoms with E-state index >= 15 is 4.39 Å². The van der Waals surface area contributed by atoms with E-state index in [1.165, 1.54) is 10.6 Å². The molecule has 270 valence electrons. The number of carbonyl (C=O) groups excluding carboxylic acids is 1. The highest BCUT2D eigenvalue weighted by molar-refractivity contribution is 7.99. The normalized spacial score (nSPS) is 17.3. The number of aromatic amines is 1. The quantitative estimate of drug-likeness (QED) is 0.113. The van der Waals surface area contributed by atoms with Crippen molar-refractivity contribution in [2.24, 2.45) is 0 Å². The van der Waals surface area contributed by atoms with Crippen LogP contribution in [0.3, 0.4) is 0 Å². The van der Waals surface area contributed by atoms with Crippen molar-refractivity contribution in [1.82, 2.24) is 29.6 Å². The molecule has 0 bridgehead atoms. The van der Waals surface area contributed by atoms with Crippen LogP contribution in [0.25, 0.3) is 33.1 Å². The molecule has 16 heteroatoms. The fourth-order valence-corrected chi connectivity index (χ4v) is 7.76. The maximum atomic E-state index is 15.1. The molecule has 3 aromatic heterocycles. The van der Waals surface area contributed by atoms with Crippen molar-refractivity contribution in [3.8, 4) is 11.1 Å². The number of aromatic nitrogens is 5. The number of alkyl halides is 3. The molecule has 1 fully saturated rings. The Morgan fingerprint density at radius 2 is 1.82 bits per heavy atom. The molecule has 0 spiro atoms. The number of carbonyl (C=O) groups is 1. The van der Waals surface area contributed by atoms with Gasteiger partial charge in [-0.1, -0.05) is 32.0 Å². The zero-order chi connectivity index (χ0) is 37.2. The molecule has 2 aliphatic heterocycles. The summed E-state index contributed by atoms with van der Waals surface area (Å²) >= 11 is 6.95. The summed E-state index contributed by atoms with van der Waals surface area (Å²) in [6.45, 7) is 11.8. The molecule has 0 saturated carbocycles. The molecular formula is C35H35ClF5N7O2S. The summed E-state index contributed by atoms with van der Waals surface area (Å²) in [5.74, 6) is -2.18. The summed E-state index contributed by atoms with van der Waals surface area (Å²) in [4.78, 5) is 37.3. The average molecular weight is 748 g/mol. The molecule has 5 aromatic rings. The molecule has 1 amide bonds. The second kappa shape index (κ2) is 15.4. The molecular weight excluding hydrogens is 713 g/mol. The number of thioether (sulfide) groups is 1. The summed E-state index contributed by atoms with van der Waals surface area (Å²) in [6, 6.07) is 5.32. The van der Waals surface area contributed by atoms with E-state index in [2.05, 4.69) is 26.7 Å². The Hall–Kier alpha value is -4.50. The van der Waals surface area contributed by atoms with E-state index in [0.717, 1.165) is 34.9 Å². The number of benzene rings is 2. The van der Waals surface area contributed by atoms with Crippen molar-refractivity contribution < 1.29 is 26.7 Å². The molecule has 51 heavy (non-hydrogen) atoms. The second-order valence-electron chi connectivity index (χ2n) is 11.7. The van der Waals surface area contributed by atoms with Crippen LogP contribution in [0.5, 0.6) is 0 Å². The zero-order valence-electron chi connectivity index (χ0n) is 28.2. The highest BCUT2D eigenvalue weighted by atomic mass is 35.5. The van der Waals surface area contributed by atoms with Crippen molar-refractivity contribution in [3.63, 3.8) is 0 Å². The van der Waals surface area contributed by atoms with Crippen molar-refractivity contribution in [1.29, 1.82) is 0 Å². The second-order valence-corrected chi connectivity index (χ2v) is 13.2. The molecule has 2 unspecified atom stereocenters. The highest BCUT2D eigenvalue weighted by Crippen LogP contribution is 2.49. The minimum Gasteiger partial charge on any atom is -0.352 e. The number of hydrogen-bond acceptors (Lipinski definition) is 7. The maximum absolute atomic E-state index is 15.1. The van der Waals surface area contributed by atoms with Gasteiger partial charge < -0.3 is 9.80 Å². The minimum atomic E-state index is -4.94. The van der Waals surface area contributed by atoms with Gasteiger partial charge in [-0.2, -0.15) is 23.3 Å². The van der Waals surface area contributed by atoms with Crippen molar-refractivity contribution >= 4 is 57.0 Å². The Morgan fingerprint density at radius 3 is 2.47 bits per heavy atom. The van der Waals surface area contributed by atoms with Gasteiger partial charge in [0.05, 0.1) is 22.3 Å². The lowest BCUT2D eigenvalue weighted by atomic mass is 9.95. The molecule has 7 rings (SSSR count). The fourth-order valence-electron chi connectivity index (χ4n) is 6.40. The number of H-pyrrole nitrogens is 1. The van der Waals surface area contributed by atoms with Crippen molar-refractivity contribution in [2.45, 2.75) is 63.8 Å². The summed E-state index contributed by atoms with van der Waals surface area (Å²) in [5, 5.41) is 7.18. The van der Waals surface area contributed by atoms with Gasteiger partial charge in [0, 0.05) is 70.8 Å². The van der Waals surface area contributed by atoms with Crippen LogP contribution in [0.4, 0.5) is 27.8 Å². The Kier molecular flexibility index (Phi) is 11.4. The largest absolute Gasteiger partial charge is 0.417 e. The Labute approximate surface area is 299 Å². The summed E-state index contributed by atoms with van der Waals surface area (Å²) < 4.78 is 74.4. The standard InChI is InChI=1S/C27H24ClF5N4O2S.C6H5N3.C2H6/c1-4-21(38)37-13(2)11-35(12-14(37)3)25-16-8-17(27(31,32)33)22(15-9-18(28)20(30)10-19(15)29)24-23(16)36(26(39)34-25)6-5-7-40-24;1-2-5-4-8-9-6(5)7-3-1;1-2/h4,8-10,13-14H,1,5-7,11-12H2,2-3H3;1-4H,(H,7,8,9);1-2H3. The number of hydrogen-bond donors (Lipinski definition) is 1. The number of amides is 1. The number of aryl methyl sites for hydroxylation is 1. The monoisotopic (exact) mass is 747 g/mol. The molecule has 1 saturated heterocycles. The molecule has 2 aliphatic rings. The van der Waals surface area contributed by atoms with E-state index < -0.39 is 45.2 Å². The number of halogens is 6. The van der Waals surface area contributed by atoms with Crippen molar-refractivity contribution in [2.75, 3.05) is 23.7 Å². The predicted octanol–water partition coefficient (Wildman–Crippen LogP) is 8.11. The molecule has 1 N–H and O–H groups in total. The van der Waals surface area contributed by atoms with E-state index in [1.54, 1.807) is 36.0 Å². The molecule has 5 heterocycles. The summed E-state index contributed by atoms with van der Waals surface area (Å²) in [6.07, 6.45) is 0.213. The highest BCUT2D eigenvalue weighted by Gasteiger charge is 2.40. The molecule has 0 aliphatic carbocycles. The fraction of sp³-hybridized carbons (Fsp3) is 0.343. The van der Waals surface area contributed by atoms with Crippen molar-refractivity contribution in [3.05, 3.63) is 88.1 Å². The van der Waals surface area contributed by atoms with E-state index in [-0.39, 0.29) is 59.2 Å². The van der Waals surface area contributed by atoms with Crippen LogP contribution in [-0.2, 0) is 17.5 Å². The van der Waals surface area contributed by atoms with Gasteiger partial charge in [-0.15, -0.1) is 11.8 Å². The lowest BCUT2D eigenvalue weighted by Crippen LogP contribution is -2.58. The third-order valence-corrected chi connectivity index (χ3v) is 9.88. The number of nitrogens with zero attached hydrogens (tertiary/aromatic N) is 6. The van der Waals surface area contributed by atoms with Gasteiger partial charge >= 0.3 is 11.9 Å². The Morgan fingerprint density at radius 1 is 1.12 bits per heavy atom. The first kappa shape index (κ1) is 37.7. The van der Waals surface area contributed by atoms with E-state index in [1.807, 2.05) is 26.0 Å². The van der Waals surface area contributed by atoms with Crippen LogP contribution >= 0.6 is 23.4 Å². The summed E-state index contributed by atoms with van der Waals surface area (Å²) in [7, 11) is 0. The number of fused-ring (bicyclic) bond motifs is 1. The number of piperazine rings is 1. The average Bonchev–Trinajstić information content (AvgIpc) is 3.46. The van der Waals surface area contributed by atoms with Crippen LogP contribution in [0.2, 0.25) is 5.02 Å². The van der Waals surface area contributed by atoms with Gasteiger partial charge in [-0.25, -0.2) is 18.6 Å². The van der Waals surface area contributed by atoms with E-state index in [4.69, 9.17) is 11.6 Å². The van der Waals surface area contributed by atoms with Crippen LogP contribution in [0.1, 0.15) is 39.7 Å². The zero-order valence-corrected chi connectivity index (χ0v) is 29.8. The van der Waals surface area contributed by atoms with Crippen LogP contribution < -0.4 is 10.6 Å². The van der Waals surface area contributed by atoms with E-state index in [0.29, 0.717) is 18.2 Å². The van der Waals surface area contributed by atoms with Gasteiger partial charge in [-0.05, 0) is 56.4 Å². The first-order chi connectivity index (χ1) is 24.3. The van der Waals surface area contributed by atoms with Gasteiger partial charge in [-0.3, -0.25) is 14.5 Å². The SMILES string of the molecule is C=CC(=O)N1C(C)CN(c2nc(=O)n3c4c(c(-c5cc(Cl)c(F)cc5F)c(C(F)(F)F)cc24)SCCC3)CC1C.CC.c1cnc2[nH]ncc2c1. The third-order valence-electron chi connectivity index (χ3n) is 8.42. The predicted molar refractivity (Wildman–Crippen MR) is 190 cm³/mol. The molecule has 2 atom stereocenters. The number of pyridine rings is 1. The lowest BCUT2D eigenvalue weighted by molar-refractivity contribution is -0.137. The smallest absolute Gasteiger partial charge is 0.352 e. The molecule has 2 aromatic carbocycles. The van der Waals surface area contributed by atoms with E-state index in [9.17, 15) is 27.2 Å². The van der Waals surface area contributed by atoms with Gasteiger partial charge in [0.2, 0.25) is 5.91 Å². The lowest BCUT2D eigenvalue weighted by Gasteiger charge is -2.44. The molecule has 9 nitrogen and oxygen atoms in total. The minimum absolute atomic E-state index is 0.0474. The first-order valence-electron chi connectivity index (χ1n) is 16.2. The number of rotatable bonds is 3. The van der Waals surface area contributed by atoms with Gasteiger partial charge in [0.15, 0.2) is 5.65 Å². The first-order valence-corrected chi connectivity index (χ1v) is 17.6. The Balaban J connectivity index is 0.000000390. The number of nitrogens with one attached hydrogen (secondary N) is 1. The summed E-state index contributed by atoms with van der Waals surface area (Å²) in [5.41, 5.74) is -1.77. The third kappa shape index (κ3) is 7.45. The topological polar surface area (TPSA) is 100 Å². The van der Waals surface area contributed by atoms with Gasteiger partial charge in [0.1, 0.15) is 17.5 Å². The van der Waals surface area contributed by atoms with Crippen LogP contribution in [-0.4, -0.2) is 66.5 Å². The van der Waals surface area contributed by atoms with Crippen LogP contribution in [0, 0.1) is 11.6 Å². The van der Waals surface area contributed by atoms with Crippen LogP contribution in [0.15, 0.2) is 65.1 Å². The molecule has 0 radical (unpaired) electrons.